The molecule has 1 aromatic carbocycles. The Bertz CT molecular complexity index is 872. The molecule has 9 heteroatoms. The third-order valence-corrected chi connectivity index (χ3v) is 7.20. The van der Waals surface area contributed by atoms with Gasteiger partial charge in [0.1, 0.15) is 0 Å². The maximum absolute atomic E-state index is 11.8. The molecular weight excluding hydrogens is 394 g/mol. The van der Waals surface area contributed by atoms with Gasteiger partial charge in [0, 0.05) is 32.7 Å². The molecule has 2 heterocycles. The van der Waals surface area contributed by atoms with Crippen LogP contribution in [0.2, 0.25) is 0 Å². The molecule has 0 unspecified atom stereocenters. The number of nitrogens with one attached hydrogen (secondary N) is 3. The van der Waals surface area contributed by atoms with E-state index in [4.69, 9.17) is 0 Å². The Balaban J connectivity index is 1.47. The fourth-order valence-electron chi connectivity index (χ4n) is 3.17. The number of guanidine groups is 1. The summed E-state index contributed by atoms with van der Waals surface area (Å²) in [4.78, 5) is 7.01. The quantitative estimate of drug-likeness (QED) is 0.491. The highest BCUT2D eigenvalue weighted by Gasteiger charge is 2.20. The molecule has 7 nitrogen and oxygen atoms in total. The predicted octanol–water partition coefficient (Wildman–Crippen LogP) is 1.99. The molecule has 0 spiro atoms. The SMILES string of the molecule is CN=C(NCc1ccc(S(=O)(=O)NC)cc1)NC1CCN(c2cccs2)CC1. The number of rotatable bonds is 6. The second-order valence-electron chi connectivity index (χ2n) is 6.63. The van der Waals surface area contributed by atoms with Crippen molar-refractivity contribution in [2.75, 3.05) is 32.1 Å². The van der Waals surface area contributed by atoms with Gasteiger partial charge in [0.05, 0.1) is 9.90 Å². The molecule has 0 amide bonds. The highest BCUT2D eigenvalue weighted by atomic mass is 32.2. The number of aliphatic imine (C=N–C) groups is 1. The Morgan fingerprint density at radius 2 is 1.93 bits per heavy atom. The zero-order valence-corrected chi connectivity index (χ0v) is 17.8. The zero-order valence-electron chi connectivity index (χ0n) is 16.2. The summed E-state index contributed by atoms with van der Waals surface area (Å²) in [5, 5.41) is 10.3. The lowest BCUT2D eigenvalue weighted by atomic mass is 10.1. The average Bonchev–Trinajstić information content (AvgIpc) is 3.27. The number of nitrogens with zero attached hydrogens (tertiary/aromatic N) is 2. The van der Waals surface area contributed by atoms with Crippen molar-refractivity contribution in [3.63, 3.8) is 0 Å². The maximum atomic E-state index is 11.8. The van der Waals surface area contributed by atoms with Crippen LogP contribution in [0.15, 0.2) is 51.7 Å². The summed E-state index contributed by atoms with van der Waals surface area (Å²) in [6.07, 6.45) is 2.13. The van der Waals surface area contributed by atoms with Crippen molar-refractivity contribution >= 4 is 32.3 Å². The van der Waals surface area contributed by atoms with Gasteiger partial charge in [-0.1, -0.05) is 12.1 Å². The Kier molecular flexibility index (Phi) is 6.93. The summed E-state index contributed by atoms with van der Waals surface area (Å²) in [6.45, 7) is 2.65. The second kappa shape index (κ2) is 9.40. The molecule has 2 aromatic rings. The molecular formula is C19H27N5O2S2. The van der Waals surface area contributed by atoms with Gasteiger partial charge < -0.3 is 15.5 Å². The van der Waals surface area contributed by atoms with Gasteiger partial charge in [-0.25, -0.2) is 13.1 Å². The molecule has 1 aromatic heterocycles. The lowest BCUT2D eigenvalue weighted by Gasteiger charge is -2.33. The summed E-state index contributed by atoms with van der Waals surface area (Å²) >= 11 is 1.79. The fraction of sp³-hybridized carbons (Fsp3) is 0.421. The average molecular weight is 422 g/mol. The van der Waals surface area contributed by atoms with Gasteiger partial charge in [-0.05, 0) is 55.1 Å². The van der Waals surface area contributed by atoms with Crippen molar-refractivity contribution in [2.24, 2.45) is 4.99 Å². The molecule has 3 rings (SSSR count). The monoisotopic (exact) mass is 421 g/mol. The molecule has 0 bridgehead atoms. The molecule has 1 saturated heterocycles. The van der Waals surface area contributed by atoms with Crippen LogP contribution in [0.1, 0.15) is 18.4 Å². The second-order valence-corrected chi connectivity index (χ2v) is 9.45. The van der Waals surface area contributed by atoms with E-state index < -0.39 is 10.0 Å². The number of hydrogen-bond acceptors (Lipinski definition) is 5. The fourth-order valence-corrected chi connectivity index (χ4v) is 4.69. The molecule has 28 heavy (non-hydrogen) atoms. The van der Waals surface area contributed by atoms with Crippen molar-refractivity contribution in [3.8, 4) is 0 Å². The van der Waals surface area contributed by atoms with E-state index in [2.05, 4.69) is 42.8 Å². The Hall–Kier alpha value is -2.10. The van der Waals surface area contributed by atoms with Crippen molar-refractivity contribution in [2.45, 2.75) is 30.3 Å². The zero-order chi connectivity index (χ0) is 20.0. The minimum atomic E-state index is -3.40. The van der Waals surface area contributed by atoms with E-state index in [0.717, 1.165) is 37.5 Å². The number of sulfonamides is 1. The minimum absolute atomic E-state index is 0.263. The maximum Gasteiger partial charge on any atom is 0.240 e. The molecule has 0 saturated carbocycles. The first-order valence-corrected chi connectivity index (χ1v) is 11.7. The van der Waals surface area contributed by atoms with Gasteiger partial charge >= 0.3 is 0 Å². The number of anilines is 1. The Labute approximate surface area is 170 Å². The van der Waals surface area contributed by atoms with Gasteiger partial charge in [-0.2, -0.15) is 0 Å². The van der Waals surface area contributed by atoms with Gasteiger partial charge in [-0.15, -0.1) is 11.3 Å². The predicted molar refractivity (Wildman–Crippen MR) is 116 cm³/mol. The van der Waals surface area contributed by atoms with Crippen LogP contribution in [0.25, 0.3) is 0 Å². The molecule has 1 fully saturated rings. The van der Waals surface area contributed by atoms with Gasteiger partial charge in [0.2, 0.25) is 10.0 Å². The van der Waals surface area contributed by atoms with Crippen LogP contribution in [0.5, 0.6) is 0 Å². The van der Waals surface area contributed by atoms with Crippen molar-refractivity contribution in [1.82, 2.24) is 15.4 Å². The largest absolute Gasteiger partial charge is 0.363 e. The molecule has 0 radical (unpaired) electrons. The van der Waals surface area contributed by atoms with Crippen molar-refractivity contribution in [1.29, 1.82) is 0 Å². The molecule has 0 aliphatic carbocycles. The third-order valence-electron chi connectivity index (χ3n) is 4.84. The number of thiophene rings is 1. The molecule has 1 aliphatic rings. The van der Waals surface area contributed by atoms with Crippen LogP contribution in [0.3, 0.4) is 0 Å². The smallest absolute Gasteiger partial charge is 0.240 e. The molecule has 152 valence electrons. The Morgan fingerprint density at radius 1 is 1.21 bits per heavy atom. The Morgan fingerprint density at radius 3 is 2.50 bits per heavy atom. The van der Waals surface area contributed by atoms with Crippen LogP contribution in [-0.2, 0) is 16.6 Å². The van der Waals surface area contributed by atoms with E-state index >= 15 is 0 Å². The van der Waals surface area contributed by atoms with Gasteiger partial charge in [-0.3, -0.25) is 4.99 Å². The van der Waals surface area contributed by atoms with Gasteiger partial charge in [0.25, 0.3) is 0 Å². The third kappa shape index (κ3) is 5.24. The van der Waals surface area contributed by atoms with Crippen LogP contribution < -0.4 is 20.3 Å². The topological polar surface area (TPSA) is 85.8 Å². The first kappa shape index (κ1) is 20.6. The standard InChI is InChI=1S/C19H27N5O2S2/c1-20-19(22-14-15-5-7-17(8-6-15)28(25,26)21-2)23-16-9-11-24(12-10-16)18-4-3-13-27-18/h3-8,13,16,21H,9-12,14H2,1-2H3,(H2,20,22,23). The summed E-state index contributed by atoms with van der Waals surface area (Å²) in [6, 6.07) is 11.5. The van der Waals surface area contributed by atoms with E-state index in [-0.39, 0.29) is 4.90 Å². The van der Waals surface area contributed by atoms with E-state index in [0.29, 0.717) is 12.6 Å². The lowest BCUT2D eigenvalue weighted by Crippen LogP contribution is -2.48. The van der Waals surface area contributed by atoms with Gasteiger partial charge in [0.15, 0.2) is 5.96 Å². The number of hydrogen-bond donors (Lipinski definition) is 3. The summed E-state index contributed by atoms with van der Waals surface area (Å²) < 4.78 is 25.9. The minimum Gasteiger partial charge on any atom is -0.363 e. The number of piperidine rings is 1. The highest BCUT2D eigenvalue weighted by molar-refractivity contribution is 7.89. The highest BCUT2D eigenvalue weighted by Crippen LogP contribution is 2.24. The van der Waals surface area contributed by atoms with E-state index in [1.165, 1.54) is 12.0 Å². The van der Waals surface area contributed by atoms with Crippen LogP contribution in [0, 0.1) is 0 Å². The number of benzene rings is 1. The first-order valence-electron chi connectivity index (χ1n) is 9.30. The van der Waals surface area contributed by atoms with Crippen LogP contribution in [-0.4, -0.2) is 47.6 Å². The molecule has 0 atom stereocenters. The van der Waals surface area contributed by atoms with E-state index in [9.17, 15) is 8.42 Å². The van der Waals surface area contributed by atoms with Crippen LogP contribution in [0.4, 0.5) is 5.00 Å². The molecule has 3 N–H and O–H groups in total. The molecule has 1 aliphatic heterocycles. The van der Waals surface area contributed by atoms with Crippen molar-refractivity contribution in [3.05, 3.63) is 47.3 Å². The van der Waals surface area contributed by atoms with E-state index in [1.54, 1.807) is 30.5 Å². The van der Waals surface area contributed by atoms with Crippen LogP contribution >= 0.6 is 11.3 Å². The summed E-state index contributed by atoms with van der Waals surface area (Å²) in [7, 11) is -0.230. The first-order chi connectivity index (χ1) is 13.5. The van der Waals surface area contributed by atoms with E-state index in [1.807, 2.05) is 12.1 Å². The normalized spacial score (nSPS) is 16.2. The van der Waals surface area contributed by atoms with Crippen molar-refractivity contribution < 1.29 is 8.42 Å². The summed E-state index contributed by atoms with van der Waals surface area (Å²) in [5.74, 6) is 0.765. The summed E-state index contributed by atoms with van der Waals surface area (Å²) in [5.41, 5.74) is 0.991. The lowest BCUT2D eigenvalue weighted by molar-refractivity contribution is 0.463.